The summed E-state index contributed by atoms with van der Waals surface area (Å²) in [5.41, 5.74) is 1.05. The maximum atomic E-state index is 10.8. The minimum atomic E-state index is -0.774. The van der Waals surface area contributed by atoms with Crippen LogP contribution in [0.1, 0.15) is 40.9 Å². The van der Waals surface area contributed by atoms with E-state index in [1.54, 1.807) is 0 Å². The highest BCUT2D eigenvalue weighted by atomic mass is 32.1. The van der Waals surface area contributed by atoms with Gasteiger partial charge in [-0.1, -0.05) is 6.92 Å². The van der Waals surface area contributed by atoms with Gasteiger partial charge < -0.3 is 5.11 Å². The highest BCUT2D eigenvalue weighted by Crippen LogP contribution is 2.43. The van der Waals surface area contributed by atoms with Gasteiger partial charge in [-0.25, -0.2) is 4.79 Å². The molecule has 0 atom stereocenters. The molecule has 2 rings (SSSR count). The molecule has 0 amide bonds. The summed E-state index contributed by atoms with van der Waals surface area (Å²) in [6, 6.07) is 1.96. The molecular formula is C10H12O2S. The molecule has 13 heavy (non-hydrogen) atoms. The van der Waals surface area contributed by atoms with Crippen molar-refractivity contribution in [3.8, 4) is 0 Å². The summed E-state index contributed by atoms with van der Waals surface area (Å²) in [6.07, 6.45) is 2.30. The lowest BCUT2D eigenvalue weighted by molar-refractivity contribution is 0.0699. The van der Waals surface area contributed by atoms with Gasteiger partial charge in [-0.3, -0.25) is 0 Å². The fraction of sp³-hybridized carbons (Fsp3) is 0.500. The van der Waals surface area contributed by atoms with E-state index < -0.39 is 5.97 Å². The highest BCUT2D eigenvalue weighted by Gasteiger charge is 2.30. The van der Waals surface area contributed by atoms with Crippen molar-refractivity contribution in [3.05, 3.63) is 21.9 Å². The maximum Gasteiger partial charge on any atom is 0.346 e. The zero-order valence-electron chi connectivity index (χ0n) is 7.49. The van der Waals surface area contributed by atoms with E-state index in [1.165, 1.54) is 11.3 Å². The van der Waals surface area contributed by atoms with Crippen LogP contribution in [0.3, 0.4) is 0 Å². The minimum absolute atomic E-state index is 0.507. The van der Waals surface area contributed by atoms with E-state index >= 15 is 0 Å². The van der Waals surface area contributed by atoms with Gasteiger partial charge in [0.25, 0.3) is 0 Å². The predicted molar refractivity (Wildman–Crippen MR) is 52.4 cm³/mol. The van der Waals surface area contributed by atoms with Gasteiger partial charge in [0, 0.05) is 0 Å². The van der Waals surface area contributed by atoms with Gasteiger partial charge in [-0.15, -0.1) is 11.3 Å². The van der Waals surface area contributed by atoms with Gasteiger partial charge in [-0.05, 0) is 41.7 Å². The van der Waals surface area contributed by atoms with Crippen molar-refractivity contribution < 1.29 is 9.90 Å². The molecule has 1 N–H and O–H groups in total. The van der Waals surface area contributed by atoms with Crippen molar-refractivity contribution in [3.63, 3.8) is 0 Å². The normalized spacial score (nSPS) is 26.8. The molecule has 1 aliphatic carbocycles. The summed E-state index contributed by atoms with van der Waals surface area (Å²) in [4.78, 5) is 11.4. The van der Waals surface area contributed by atoms with Gasteiger partial charge >= 0.3 is 5.97 Å². The number of rotatable bonds is 2. The van der Waals surface area contributed by atoms with Gasteiger partial charge in [-0.2, -0.15) is 0 Å². The molecule has 1 aromatic heterocycles. The summed E-state index contributed by atoms with van der Waals surface area (Å²) in [6.45, 7) is 2.21. The second-order valence-electron chi connectivity index (χ2n) is 3.78. The molecule has 0 spiro atoms. The third-order valence-corrected chi connectivity index (χ3v) is 3.62. The Kier molecular flexibility index (Phi) is 2.12. The second kappa shape index (κ2) is 3.14. The van der Waals surface area contributed by atoms with Crippen molar-refractivity contribution in [2.75, 3.05) is 0 Å². The number of carboxylic acids is 1. The molecule has 1 aliphatic rings. The molecule has 0 radical (unpaired) electrons. The van der Waals surface area contributed by atoms with Crippen LogP contribution in [-0.2, 0) is 0 Å². The van der Waals surface area contributed by atoms with E-state index in [0.717, 1.165) is 24.3 Å². The first-order valence-corrected chi connectivity index (χ1v) is 5.37. The lowest BCUT2D eigenvalue weighted by Gasteiger charge is -2.32. The Morgan fingerprint density at radius 3 is 2.85 bits per heavy atom. The number of thiophene rings is 1. The van der Waals surface area contributed by atoms with Crippen LogP contribution in [0.5, 0.6) is 0 Å². The Morgan fingerprint density at radius 2 is 2.31 bits per heavy atom. The Labute approximate surface area is 81.2 Å². The van der Waals surface area contributed by atoms with E-state index in [0.29, 0.717) is 10.8 Å². The molecule has 1 heterocycles. The molecule has 1 fully saturated rings. The van der Waals surface area contributed by atoms with Gasteiger partial charge in [0.1, 0.15) is 4.88 Å². The van der Waals surface area contributed by atoms with Crippen molar-refractivity contribution in [2.24, 2.45) is 5.92 Å². The average Bonchev–Trinajstić information content (AvgIpc) is 2.45. The summed E-state index contributed by atoms with van der Waals surface area (Å²) in [7, 11) is 0. The lowest BCUT2D eigenvalue weighted by atomic mass is 9.72. The smallest absolute Gasteiger partial charge is 0.346 e. The zero-order chi connectivity index (χ0) is 9.42. The summed E-state index contributed by atoms with van der Waals surface area (Å²) in [5, 5.41) is 10.8. The molecule has 3 heteroatoms. The van der Waals surface area contributed by atoms with Crippen LogP contribution in [0, 0.1) is 5.92 Å². The molecule has 0 aliphatic heterocycles. The number of carbonyl (C=O) groups is 1. The van der Waals surface area contributed by atoms with Crippen molar-refractivity contribution in [2.45, 2.75) is 25.7 Å². The van der Waals surface area contributed by atoms with Gasteiger partial charge in [0.05, 0.1) is 0 Å². The van der Waals surface area contributed by atoms with Crippen LogP contribution in [0.2, 0.25) is 0 Å². The number of hydrogen-bond acceptors (Lipinski definition) is 2. The van der Waals surface area contributed by atoms with Crippen LogP contribution in [0.4, 0.5) is 0 Å². The molecule has 0 saturated heterocycles. The van der Waals surface area contributed by atoms with E-state index in [-0.39, 0.29) is 0 Å². The zero-order valence-corrected chi connectivity index (χ0v) is 8.30. The van der Waals surface area contributed by atoms with Crippen LogP contribution >= 0.6 is 11.3 Å². The number of aromatic carboxylic acids is 1. The standard InChI is InChI=1S/C10H12O2S/c1-6-4-7(5-6)8-2-3-13-9(8)10(11)12/h2-3,6-7H,4-5H2,1H3,(H,11,12). The van der Waals surface area contributed by atoms with Crippen molar-refractivity contribution in [1.29, 1.82) is 0 Å². The van der Waals surface area contributed by atoms with E-state index in [2.05, 4.69) is 6.92 Å². The Morgan fingerprint density at radius 1 is 1.62 bits per heavy atom. The van der Waals surface area contributed by atoms with Crippen LogP contribution < -0.4 is 0 Å². The third kappa shape index (κ3) is 1.48. The molecule has 70 valence electrons. The maximum absolute atomic E-state index is 10.8. The quantitative estimate of drug-likeness (QED) is 0.789. The lowest BCUT2D eigenvalue weighted by Crippen LogP contribution is -2.20. The molecular weight excluding hydrogens is 184 g/mol. The van der Waals surface area contributed by atoms with Gasteiger partial charge in [0.15, 0.2) is 0 Å². The second-order valence-corrected chi connectivity index (χ2v) is 4.70. The SMILES string of the molecule is CC1CC(c2ccsc2C(=O)O)C1. The predicted octanol–water partition coefficient (Wildman–Crippen LogP) is 2.96. The monoisotopic (exact) mass is 196 g/mol. The minimum Gasteiger partial charge on any atom is -0.477 e. The Hall–Kier alpha value is -0.830. The summed E-state index contributed by atoms with van der Waals surface area (Å²) >= 11 is 1.34. The number of hydrogen-bond donors (Lipinski definition) is 1. The summed E-state index contributed by atoms with van der Waals surface area (Å²) in [5.74, 6) is 0.503. The molecule has 1 saturated carbocycles. The largest absolute Gasteiger partial charge is 0.477 e. The van der Waals surface area contributed by atoms with E-state index in [4.69, 9.17) is 5.11 Å². The Bertz CT molecular complexity index is 323. The first-order valence-electron chi connectivity index (χ1n) is 4.49. The van der Waals surface area contributed by atoms with E-state index in [9.17, 15) is 4.79 Å². The third-order valence-electron chi connectivity index (χ3n) is 2.70. The number of carboxylic acid groups (broad SMARTS) is 1. The van der Waals surface area contributed by atoms with Gasteiger partial charge in [0.2, 0.25) is 0 Å². The van der Waals surface area contributed by atoms with Crippen molar-refractivity contribution in [1.82, 2.24) is 0 Å². The topological polar surface area (TPSA) is 37.3 Å². The molecule has 0 unspecified atom stereocenters. The average molecular weight is 196 g/mol. The van der Waals surface area contributed by atoms with Crippen LogP contribution in [-0.4, -0.2) is 11.1 Å². The van der Waals surface area contributed by atoms with Crippen LogP contribution in [0.25, 0.3) is 0 Å². The summed E-state index contributed by atoms with van der Waals surface area (Å²) < 4.78 is 0. The van der Waals surface area contributed by atoms with Crippen LogP contribution in [0.15, 0.2) is 11.4 Å². The fourth-order valence-corrected chi connectivity index (χ4v) is 2.79. The molecule has 0 bridgehead atoms. The first kappa shape index (κ1) is 8.75. The van der Waals surface area contributed by atoms with E-state index in [1.807, 2.05) is 11.4 Å². The Balaban J connectivity index is 2.20. The van der Waals surface area contributed by atoms with Crippen molar-refractivity contribution >= 4 is 17.3 Å². The molecule has 2 nitrogen and oxygen atoms in total. The molecule has 0 aromatic carbocycles. The fourth-order valence-electron chi connectivity index (χ4n) is 1.97. The molecule has 1 aromatic rings. The highest BCUT2D eigenvalue weighted by molar-refractivity contribution is 7.12. The first-order chi connectivity index (χ1) is 6.18.